The van der Waals surface area contributed by atoms with Gasteiger partial charge in [0.25, 0.3) is 0 Å². The molecule has 0 radical (unpaired) electrons. The minimum Gasteiger partial charge on any atom is -0.481 e. The molecule has 0 heterocycles. The zero-order valence-electron chi connectivity index (χ0n) is 14.3. The molecular weight excluding hydrogens is 288 g/mol. The Morgan fingerprint density at radius 2 is 2.09 bits per heavy atom. The smallest absolute Gasteiger partial charge is 0.309 e. The van der Waals surface area contributed by atoms with Gasteiger partial charge in [0.05, 0.1) is 12.0 Å². The molecule has 1 unspecified atom stereocenters. The number of hydrogen-bond acceptors (Lipinski definition) is 2. The lowest BCUT2D eigenvalue weighted by Gasteiger charge is -2.59. The van der Waals surface area contributed by atoms with Gasteiger partial charge in [-0.2, -0.15) is 0 Å². The number of aliphatic hydroxyl groups excluding tert-OH is 1. The maximum absolute atomic E-state index is 12.0. The highest BCUT2D eigenvalue weighted by Crippen LogP contribution is 2.69. The third kappa shape index (κ3) is 1.83. The molecule has 23 heavy (non-hydrogen) atoms. The number of carboxylic acids is 1. The van der Waals surface area contributed by atoms with Crippen molar-refractivity contribution in [3.63, 3.8) is 0 Å². The summed E-state index contributed by atoms with van der Waals surface area (Å²) < 4.78 is 0. The summed E-state index contributed by atoms with van der Waals surface area (Å²) in [5.74, 6) is 0.135. The van der Waals surface area contributed by atoms with Crippen molar-refractivity contribution in [3.8, 4) is 0 Å². The van der Waals surface area contributed by atoms with Crippen LogP contribution in [0, 0.1) is 28.1 Å². The van der Waals surface area contributed by atoms with Crippen molar-refractivity contribution in [2.75, 3.05) is 6.61 Å². The summed E-state index contributed by atoms with van der Waals surface area (Å²) in [7, 11) is 0. The van der Waals surface area contributed by atoms with Gasteiger partial charge in [-0.1, -0.05) is 31.1 Å². The maximum atomic E-state index is 12.0. The van der Waals surface area contributed by atoms with Crippen molar-refractivity contribution in [3.05, 3.63) is 23.3 Å². The average Bonchev–Trinajstić information content (AvgIpc) is 2.77. The number of hydrogen-bond donors (Lipinski definition) is 2. The van der Waals surface area contributed by atoms with E-state index in [1.165, 1.54) is 11.1 Å². The highest BCUT2D eigenvalue weighted by Gasteiger charge is 2.61. The average molecular weight is 316 g/mol. The van der Waals surface area contributed by atoms with E-state index in [0.717, 1.165) is 44.9 Å². The quantitative estimate of drug-likeness (QED) is 0.759. The van der Waals surface area contributed by atoms with E-state index >= 15 is 0 Å². The van der Waals surface area contributed by atoms with Crippen LogP contribution in [0.3, 0.4) is 0 Å². The van der Waals surface area contributed by atoms with Crippen molar-refractivity contribution in [2.24, 2.45) is 28.1 Å². The molecule has 0 amide bonds. The van der Waals surface area contributed by atoms with E-state index in [2.05, 4.69) is 19.1 Å². The van der Waals surface area contributed by atoms with Crippen LogP contribution >= 0.6 is 0 Å². The molecule has 126 valence electrons. The highest BCUT2D eigenvalue weighted by atomic mass is 16.4. The summed E-state index contributed by atoms with van der Waals surface area (Å²) in [6.07, 6.45) is 11.9. The summed E-state index contributed by atoms with van der Waals surface area (Å²) in [5.41, 5.74) is 2.26. The molecule has 2 N–H and O–H groups in total. The van der Waals surface area contributed by atoms with Crippen LogP contribution < -0.4 is 0 Å². The van der Waals surface area contributed by atoms with Gasteiger partial charge >= 0.3 is 5.97 Å². The van der Waals surface area contributed by atoms with E-state index < -0.39 is 11.4 Å². The van der Waals surface area contributed by atoms with Gasteiger partial charge in [-0.25, -0.2) is 0 Å². The Kier molecular flexibility index (Phi) is 3.17. The molecule has 2 bridgehead atoms. The van der Waals surface area contributed by atoms with Gasteiger partial charge in [0.15, 0.2) is 0 Å². The van der Waals surface area contributed by atoms with Gasteiger partial charge in [-0.3, -0.25) is 4.79 Å². The Hall–Kier alpha value is -1.09. The molecule has 2 saturated carbocycles. The second-order valence-electron chi connectivity index (χ2n) is 8.87. The van der Waals surface area contributed by atoms with Crippen LogP contribution in [0.2, 0.25) is 0 Å². The predicted octanol–water partition coefficient (Wildman–Crippen LogP) is 3.93. The van der Waals surface area contributed by atoms with E-state index in [1.54, 1.807) is 0 Å². The van der Waals surface area contributed by atoms with Gasteiger partial charge in [0.1, 0.15) is 0 Å². The summed E-state index contributed by atoms with van der Waals surface area (Å²) in [4.78, 5) is 12.0. The van der Waals surface area contributed by atoms with Crippen LogP contribution in [0.15, 0.2) is 23.3 Å². The third-order valence-corrected chi connectivity index (χ3v) is 7.84. The lowest BCUT2D eigenvalue weighted by Crippen LogP contribution is -2.54. The fourth-order valence-electron chi connectivity index (χ4n) is 6.77. The van der Waals surface area contributed by atoms with Crippen LogP contribution in [0.4, 0.5) is 0 Å². The molecule has 4 aliphatic carbocycles. The molecule has 0 saturated heterocycles. The Balaban J connectivity index is 1.80. The Bertz CT molecular complexity index is 618. The number of rotatable bonds is 2. The first-order valence-electron chi connectivity index (χ1n) is 9.13. The number of carboxylic acid groups (broad SMARTS) is 1. The van der Waals surface area contributed by atoms with Crippen LogP contribution in [0.25, 0.3) is 0 Å². The summed E-state index contributed by atoms with van der Waals surface area (Å²) >= 11 is 0. The monoisotopic (exact) mass is 316 g/mol. The molecule has 0 aliphatic heterocycles. The number of fused-ring (bicyclic) bond motifs is 3. The largest absolute Gasteiger partial charge is 0.481 e. The molecule has 4 aliphatic rings. The van der Waals surface area contributed by atoms with Gasteiger partial charge in [0.2, 0.25) is 0 Å². The topological polar surface area (TPSA) is 57.5 Å². The number of allylic oxidation sites excluding steroid dienone is 3. The normalized spacial score (nSPS) is 48.1. The van der Waals surface area contributed by atoms with Gasteiger partial charge in [-0.05, 0) is 68.3 Å². The van der Waals surface area contributed by atoms with Crippen LogP contribution in [-0.2, 0) is 4.79 Å². The maximum Gasteiger partial charge on any atom is 0.309 e. The molecule has 0 aromatic rings. The molecule has 1 spiro atoms. The van der Waals surface area contributed by atoms with Crippen molar-refractivity contribution in [1.29, 1.82) is 0 Å². The molecule has 4 rings (SSSR count). The zero-order valence-corrected chi connectivity index (χ0v) is 14.3. The zero-order chi connectivity index (χ0) is 16.5. The molecule has 2 fully saturated rings. The minimum atomic E-state index is -0.614. The fourth-order valence-corrected chi connectivity index (χ4v) is 6.77. The van der Waals surface area contributed by atoms with E-state index in [4.69, 9.17) is 0 Å². The van der Waals surface area contributed by atoms with Gasteiger partial charge in [0, 0.05) is 5.41 Å². The van der Waals surface area contributed by atoms with Crippen molar-refractivity contribution < 1.29 is 15.0 Å². The molecule has 3 heteroatoms. The van der Waals surface area contributed by atoms with Crippen molar-refractivity contribution in [2.45, 2.75) is 58.8 Å². The minimum absolute atomic E-state index is 0.00994. The number of aliphatic carboxylic acids is 1. The van der Waals surface area contributed by atoms with E-state index in [0.29, 0.717) is 5.92 Å². The van der Waals surface area contributed by atoms with E-state index in [1.807, 2.05) is 6.92 Å². The summed E-state index contributed by atoms with van der Waals surface area (Å²) in [6.45, 7) is 4.49. The summed E-state index contributed by atoms with van der Waals surface area (Å²) in [6, 6.07) is 0. The summed E-state index contributed by atoms with van der Waals surface area (Å²) in [5, 5.41) is 19.6. The molecule has 0 aromatic carbocycles. The second-order valence-corrected chi connectivity index (χ2v) is 8.87. The second kappa shape index (κ2) is 4.72. The Morgan fingerprint density at radius 1 is 1.30 bits per heavy atom. The first kappa shape index (κ1) is 15.4. The Morgan fingerprint density at radius 3 is 2.78 bits per heavy atom. The first-order valence-corrected chi connectivity index (χ1v) is 9.13. The van der Waals surface area contributed by atoms with Crippen LogP contribution in [0.5, 0.6) is 0 Å². The van der Waals surface area contributed by atoms with Crippen LogP contribution in [0.1, 0.15) is 58.8 Å². The lowest BCUT2D eigenvalue weighted by molar-refractivity contribution is -0.161. The molecule has 0 aromatic heterocycles. The van der Waals surface area contributed by atoms with Gasteiger partial charge in [-0.15, -0.1) is 0 Å². The predicted molar refractivity (Wildman–Crippen MR) is 88.8 cm³/mol. The van der Waals surface area contributed by atoms with E-state index in [9.17, 15) is 15.0 Å². The standard InChI is InChI=1S/C20H28O3/c1-18-7-3-8-19(2,17(22)23)15(18)6-9-20-10-13(4-5-16(18)20)14(11-20)12-21/h5,11,13,15,21H,3-4,6-10,12H2,1-2H3,(H,22,23)/t13?,15-,18+,19+,20-/m0/s1. The van der Waals surface area contributed by atoms with Crippen molar-refractivity contribution >= 4 is 5.97 Å². The SMILES string of the molecule is C[C@@]1(C(=O)O)CCC[C@@]2(C)C3=CCC4C[C@]3(C=C4CO)CC[C@H]12. The molecule has 5 atom stereocenters. The van der Waals surface area contributed by atoms with Crippen LogP contribution in [-0.4, -0.2) is 22.8 Å². The molecule has 3 nitrogen and oxygen atoms in total. The highest BCUT2D eigenvalue weighted by molar-refractivity contribution is 5.75. The number of aliphatic hydroxyl groups is 1. The number of carbonyl (C=O) groups is 1. The van der Waals surface area contributed by atoms with Crippen molar-refractivity contribution in [1.82, 2.24) is 0 Å². The molecular formula is C20H28O3. The third-order valence-electron chi connectivity index (χ3n) is 7.84. The first-order chi connectivity index (χ1) is 10.9. The Labute approximate surface area is 138 Å². The van der Waals surface area contributed by atoms with Gasteiger partial charge < -0.3 is 10.2 Å². The lowest BCUT2D eigenvalue weighted by atomic mass is 9.44. The fraction of sp³-hybridized carbons (Fsp3) is 0.750. The van der Waals surface area contributed by atoms with E-state index in [-0.39, 0.29) is 23.4 Å².